The van der Waals surface area contributed by atoms with Crippen molar-refractivity contribution in [1.82, 2.24) is 4.90 Å². The summed E-state index contributed by atoms with van der Waals surface area (Å²) in [6.07, 6.45) is 0. The summed E-state index contributed by atoms with van der Waals surface area (Å²) in [5.74, 6) is 0.880. The highest BCUT2D eigenvalue weighted by atomic mass is 16.5. The molecule has 1 aromatic rings. The van der Waals surface area contributed by atoms with E-state index in [1.54, 1.807) is 36.2 Å². The van der Waals surface area contributed by atoms with E-state index in [0.717, 1.165) is 5.75 Å². The third kappa shape index (κ3) is 5.16. The van der Waals surface area contributed by atoms with Gasteiger partial charge in [0.15, 0.2) is 0 Å². The summed E-state index contributed by atoms with van der Waals surface area (Å²) in [6, 6.07) is 6.89. The first-order valence-corrected chi connectivity index (χ1v) is 5.88. The Morgan fingerprint density at radius 1 is 1.28 bits per heavy atom. The van der Waals surface area contributed by atoms with Gasteiger partial charge in [0.1, 0.15) is 11.5 Å². The highest BCUT2D eigenvalue weighted by Crippen LogP contribution is 2.17. The number of hydrogen-bond donors (Lipinski definition) is 1. The summed E-state index contributed by atoms with van der Waals surface area (Å²) in [6.45, 7) is 3.12. The Bertz CT molecular complexity index is 364. The van der Waals surface area contributed by atoms with Gasteiger partial charge in [0.2, 0.25) is 0 Å². The van der Waals surface area contributed by atoms with E-state index in [1.165, 1.54) is 0 Å². The first-order chi connectivity index (χ1) is 8.65. The minimum absolute atomic E-state index is 0.0207. The van der Waals surface area contributed by atoms with Crippen molar-refractivity contribution in [3.05, 3.63) is 24.3 Å². The maximum absolute atomic E-state index is 11.5. The van der Waals surface area contributed by atoms with Crippen molar-refractivity contribution in [1.29, 1.82) is 0 Å². The van der Waals surface area contributed by atoms with Gasteiger partial charge in [0, 0.05) is 6.54 Å². The maximum atomic E-state index is 11.5. The zero-order valence-electron chi connectivity index (χ0n) is 10.8. The smallest absolute Gasteiger partial charge is 0.325 e. The third-order valence-corrected chi connectivity index (χ3v) is 2.25. The monoisotopic (exact) mass is 253 g/mol. The van der Waals surface area contributed by atoms with E-state index in [0.29, 0.717) is 18.9 Å². The average Bonchev–Trinajstić information content (AvgIpc) is 2.32. The van der Waals surface area contributed by atoms with Crippen LogP contribution in [0.15, 0.2) is 24.3 Å². The van der Waals surface area contributed by atoms with Crippen LogP contribution < -0.4 is 9.47 Å². The van der Waals surface area contributed by atoms with Gasteiger partial charge in [0.05, 0.1) is 19.8 Å². The van der Waals surface area contributed by atoms with Crippen molar-refractivity contribution >= 4 is 5.97 Å². The van der Waals surface area contributed by atoms with Crippen LogP contribution >= 0.6 is 0 Å². The van der Waals surface area contributed by atoms with Crippen LogP contribution in [0.1, 0.15) is 6.92 Å². The summed E-state index contributed by atoms with van der Waals surface area (Å²) in [4.78, 5) is 13.2. The molecule has 0 heterocycles. The standard InChI is InChI=1S/C13H19NO4/c1-3-17-11-4-6-12(7-5-11)18-13(16)10-14(2)8-9-15/h4-7,15H,3,8-10H2,1-2H3. The molecule has 0 saturated heterocycles. The van der Waals surface area contributed by atoms with Crippen molar-refractivity contribution in [2.45, 2.75) is 6.92 Å². The van der Waals surface area contributed by atoms with Crippen molar-refractivity contribution in [3.63, 3.8) is 0 Å². The number of likely N-dealkylation sites (N-methyl/N-ethyl adjacent to an activating group) is 1. The Balaban J connectivity index is 2.44. The van der Waals surface area contributed by atoms with Crippen LogP contribution in [0.4, 0.5) is 0 Å². The molecule has 0 aromatic heterocycles. The second-order valence-electron chi connectivity index (χ2n) is 3.84. The zero-order valence-corrected chi connectivity index (χ0v) is 10.8. The molecular formula is C13H19NO4. The molecule has 18 heavy (non-hydrogen) atoms. The number of ether oxygens (including phenoxy) is 2. The Labute approximate surface area is 107 Å². The van der Waals surface area contributed by atoms with Gasteiger partial charge in [-0.3, -0.25) is 9.69 Å². The number of carbonyl (C=O) groups is 1. The lowest BCUT2D eigenvalue weighted by atomic mass is 10.3. The number of aliphatic hydroxyl groups is 1. The fourth-order valence-electron chi connectivity index (χ4n) is 1.40. The molecule has 0 radical (unpaired) electrons. The molecular weight excluding hydrogens is 234 g/mol. The second-order valence-corrected chi connectivity index (χ2v) is 3.84. The van der Waals surface area contributed by atoms with Gasteiger partial charge < -0.3 is 14.6 Å². The van der Waals surface area contributed by atoms with Gasteiger partial charge in [0.25, 0.3) is 0 Å². The number of benzene rings is 1. The van der Waals surface area contributed by atoms with Crippen LogP contribution in [0.5, 0.6) is 11.5 Å². The van der Waals surface area contributed by atoms with E-state index in [9.17, 15) is 4.79 Å². The van der Waals surface area contributed by atoms with Gasteiger partial charge in [-0.25, -0.2) is 0 Å². The summed E-state index contributed by atoms with van der Waals surface area (Å²) in [5.41, 5.74) is 0. The van der Waals surface area contributed by atoms with Crippen LogP contribution in [-0.4, -0.2) is 49.3 Å². The molecule has 0 spiro atoms. The molecule has 1 rings (SSSR count). The van der Waals surface area contributed by atoms with Gasteiger partial charge in [-0.1, -0.05) is 0 Å². The van der Waals surface area contributed by atoms with E-state index < -0.39 is 0 Å². The molecule has 1 N–H and O–H groups in total. The molecule has 0 aliphatic carbocycles. The summed E-state index contributed by atoms with van der Waals surface area (Å²) < 4.78 is 10.4. The number of esters is 1. The first-order valence-electron chi connectivity index (χ1n) is 5.88. The van der Waals surface area contributed by atoms with E-state index in [2.05, 4.69) is 0 Å². The SMILES string of the molecule is CCOc1ccc(OC(=O)CN(C)CCO)cc1. The number of rotatable bonds is 7. The van der Waals surface area contributed by atoms with Crippen LogP contribution in [0.2, 0.25) is 0 Å². The van der Waals surface area contributed by atoms with Gasteiger partial charge >= 0.3 is 5.97 Å². The van der Waals surface area contributed by atoms with Gasteiger partial charge in [-0.2, -0.15) is 0 Å². The van der Waals surface area contributed by atoms with Crippen LogP contribution in [0.25, 0.3) is 0 Å². The van der Waals surface area contributed by atoms with E-state index in [4.69, 9.17) is 14.6 Å². The molecule has 5 nitrogen and oxygen atoms in total. The summed E-state index contributed by atoms with van der Waals surface area (Å²) >= 11 is 0. The fourth-order valence-corrected chi connectivity index (χ4v) is 1.40. The van der Waals surface area contributed by atoms with Gasteiger partial charge in [-0.05, 0) is 38.2 Å². The topological polar surface area (TPSA) is 59.0 Å². The molecule has 0 unspecified atom stereocenters. The predicted octanol–water partition coefficient (Wildman–Crippen LogP) is 0.915. The Kier molecular flexibility index (Phi) is 6.18. The quantitative estimate of drug-likeness (QED) is 0.578. The fraction of sp³-hybridized carbons (Fsp3) is 0.462. The lowest BCUT2D eigenvalue weighted by Gasteiger charge is -2.13. The minimum atomic E-state index is -0.352. The van der Waals surface area contributed by atoms with Crippen molar-refractivity contribution in [3.8, 4) is 11.5 Å². The van der Waals surface area contributed by atoms with Crippen molar-refractivity contribution in [2.24, 2.45) is 0 Å². The van der Waals surface area contributed by atoms with Crippen molar-refractivity contribution in [2.75, 3.05) is 33.4 Å². The number of carbonyl (C=O) groups excluding carboxylic acids is 1. The molecule has 0 bridgehead atoms. The molecule has 0 aliphatic rings. The first kappa shape index (κ1) is 14.5. The molecule has 5 heteroatoms. The normalized spacial score (nSPS) is 10.4. The Hall–Kier alpha value is -1.59. The van der Waals surface area contributed by atoms with Crippen LogP contribution in [-0.2, 0) is 4.79 Å². The van der Waals surface area contributed by atoms with Crippen LogP contribution in [0.3, 0.4) is 0 Å². The molecule has 0 aliphatic heterocycles. The average molecular weight is 253 g/mol. The molecule has 0 amide bonds. The van der Waals surface area contributed by atoms with E-state index >= 15 is 0 Å². The Morgan fingerprint density at radius 2 is 1.89 bits per heavy atom. The predicted molar refractivity (Wildman–Crippen MR) is 67.8 cm³/mol. The number of nitrogens with zero attached hydrogens (tertiary/aromatic N) is 1. The lowest BCUT2D eigenvalue weighted by Crippen LogP contribution is -2.31. The van der Waals surface area contributed by atoms with E-state index in [-0.39, 0.29) is 19.1 Å². The van der Waals surface area contributed by atoms with E-state index in [1.807, 2.05) is 6.92 Å². The number of hydrogen-bond acceptors (Lipinski definition) is 5. The van der Waals surface area contributed by atoms with Crippen molar-refractivity contribution < 1.29 is 19.4 Å². The minimum Gasteiger partial charge on any atom is -0.494 e. The highest BCUT2D eigenvalue weighted by Gasteiger charge is 2.08. The molecule has 0 saturated carbocycles. The molecule has 1 aromatic carbocycles. The maximum Gasteiger partial charge on any atom is 0.325 e. The lowest BCUT2D eigenvalue weighted by molar-refractivity contribution is -0.135. The molecule has 0 atom stereocenters. The summed E-state index contributed by atoms with van der Waals surface area (Å²) in [5, 5.41) is 8.71. The zero-order chi connectivity index (χ0) is 13.4. The molecule has 100 valence electrons. The molecule has 0 fully saturated rings. The largest absolute Gasteiger partial charge is 0.494 e. The summed E-state index contributed by atoms with van der Waals surface area (Å²) in [7, 11) is 1.75. The van der Waals surface area contributed by atoms with Gasteiger partial charge in [-0.15, -0.1) is 0 Å². The second kappa shape index (κ2) is 7.68. The third-order valence-electron chi connectivity index (χ3n) is 2.25. The highest BCUT2D eigenvalue weighted by molar-refractivity contribution is 5.74. The van der Waals surface area contributed by atoms with Crippen LogP contribution in [0, 0.1) is 0 Å². The number of aliphatic hydroxyl groups excluding tert-OH is 1. The Morgan fingerprint density at radius 3 is 2.44 bits per heavy atom.